The first-order chi connectivity index (χ1) is 21.1. The third kappa shape index (κ3) is 7.76. The Morgan fingerprint density at radius 1 is 0.442 bits per heavy atom. The molecule has 4 aromatic carbocycles. The number of rotatable bonds is 4. The molecule has 0 bridgehead atoms. The number of nitrogens with zero attached hydrogens (tertiary/aromatic N) is 2. The highest BCUT2D eigenvalue weighted by Crippen LogP contribution is 2.24. The van der Waals surface area contributed by atoms with E-state index in [1.807, 2.05) is 133 Å². The summed E-state index contributed by atoms with van der Waals surface area (Å²) in [4.78, 5) is 9.76. The fourth-order valence-corrected chi connectivity index (χ4v) is 5.14. The number of aromatic nitrogens is 2. The van der Waals surface area contributed by atoms with Crippen LogP contribution in [0.1, 0.15) is 22.3 Å². The van der Waals surface area contributed by atoms with Crippen LogP contribution in [0, 0.1) is 4.51 Å². The smallest absolute Gasteiger partial charge is 0.154 e. The summed E-state index contributed by atoms with van der Waals surface area (Å²) in [5.74, 6) is 0. The van der Waals surface area contributed by atoms with Crippen molar-refractivity contribution in [3.63, 3.8) is 0 Å². The molecule has 0 aliphatic rings. The van der Waals surface area contributed by atoms with Crippen LogP contribution in [-0.4, -0.2) is 19.7 Å². The maximum atomic E-state index is 5.70. The topological polar surface area (TPSA) is 38.9 Å². The predicted octanol–water partition coefficient (Wildman–Crippen LogP) is 10.0. The maximum Gasteiger partial charge on any atom is 0.154 e. The molecule has 0 radical (unpaired) electrons. The molecule has 7 aromatic rings. The zero-order chi connectivity index (χ0) is 29.9. The fraction of sp³-hybridized carbons (Fsp3) is 0. The van der Waals surface area contributed by atoms with Gasteiger partial charge in [-0.15, -0.1) is 0 Å². The molecule has 0 aliphatic heterocycles. The summed E-state index contributed by atoms with van der Waals surface area (Å²) < 4.78 is 6.53. The number of benzene rings is 4. The van der Waals surface area contributed by atoms with Gasteiger partial charge >= 0.3 is 0 Å². The lowest BCUT2D eigenvalue weighted by atomic mass is 10.1. The lowest BCUT2D eigenvalue weighted by Gasteiger charge is -2.02. The zero-order valence-corrected chi connectivity index (χ0v) is 25.5. The van der Waals surface area contributed by atoms with E-state index in [-0.39, 0.29) is 0 Å². The van der Waals surface area contributed by atoms with Gasteiger partial charge in [0.05, 0.1) is 20.4 Å². The average Bonchev–Trinajstić information content (AvgIpc) is 3.10. The molecule has 0 saturated carbocycles. The molecule has 0 saturated heterocycles. The largest absolute Gasteiger partial charge is 0.454 e. The van der Waals surface area contributed by atoms with Gasteiger partial charge in [0.15, 0.2) is 5.58 Å². The highest BCUT2D eigenvalue weighted by Gasteiger charge is 2.04. The van der Waals surface area contributed by atoms with Crippen LogP contribution >= 0.6 is 36.7 Å². The monoisotopic (exact) mass is 610 g/mol. The molecule has 3 nitrogen and oxygen atoms in total. The highest BCUT2D eigenvalue weighted by atomic mass is 32.1. The Balaban J connectivity index is 0.000000129. The molecule has 0 unspecified atom stereocenters. The van der Waals surface area contributed by atoms with Crippen molar-refractivity contribution in [1.29, 1.82) is 0 Å². The van der Waals surface area contributed by atoms with Gasteiger partial charge in [0.25, 0.3) is 0 Å². The molecule has 3 aromatic heterocycles. The highest BCUT2D eigenvalue weighted by molar-refractivity contribution is 7.81. The number of fused-ring (bicyclic) bond motifs is 2. The molecule has 43 heavy (non-hydrogen) atoms. The lowest BCUT2D eigenvalue weighted by molar-refractivity contribution is 0.658. The molecule has 208 valence electrons. The summed E-state index contributed by atoms with van der Waals surface area (Å²) >= 11 is 16.2. The Morgan fingerprint density at radius 2 is 0.860 bits per heavy atom. The van der Waals surface area contributed by atoms with E-state index in [0.717, 1.165) is 58.4 Å². The Hall–Kier alpha value is -4.75. The van der Waals surface area contributed by atoms with Crippen LogP contribution < -0.4 is 0 Å². The lowest BCUT2D eigenvalue weighted by Crippen LogP contribution is -1.98. The molecule has 7 rings (SSSR count). The molecule has 0 amide bonds. The second kappa shape index (κ2) is 14.9. The van der Waals surface area contributed by atoms with Crippen LogP contribution in [0.4, 0.5) is 0 Å². The van der Waals surface area contributed by atoms with E-state index in [1.54, 1.807) is 24.8 Å². The number of hydrogen-bond donors (Lipinski definition) is 0. The Kier molecular flexibility index (Phi) is 10.3. The second-order valence-corrected chi connectivity index (χ2v) is 10.5. The number of hydrogen-bond acceptors (Lipinski definition) is 6. The fourth-order valence-electron chi connectivity index (χ4n) is 4.26. The van der Waals surface area contributed by atoms with Crippen LogP contribution in [0.2, 0.25) is 0 Å². The summed E-state index contributed by atoms with van der Waals surface area (Å²) in [7, 11) is 0. The van der Waals surface area contributed by atoms with E-state index in [0.29, 0.717) is 0 Å². The first-order valence-corrected chi connectivity index (χ1v) is 14.7. The van der Waals surface area contributed by atoms with Crippen LogP contribution in [0.25, 0.3) is 21.9 Å². The Labute approximate surface area is 266 Å². The minimum atomic E-state index is 0.737. The van der Waals surface area contributed by atoms with Gasteiger partial charge in [-0.25, -0.2) is 0 Å². The molecule has 0 fully saturated rings. The molecule has 0 spiro atoms. The average molecular weight is 611 g/mol. The number of para-hydroxylation sites is 1. The van der Waals surface area contributed by atoms with Crippen molar-refractivity contribution in [2.75, 3.05) is 0 Å². The third-order valence-electron chi connectivity index (χ3n) is 6.43. The minimum absolute atomic E-state index is 0.737. The third-order valence-corrected chi connectivity index (χ3v) is 7.81. The molecular formula is C37H26N2OS3. The minimum Gasteiger partial charge on any atom is -0.454 e. The normalized spacial score (nSPS) is 10.1. The summed E-state index contributed by atoms with van der Waals surface area (Å²) in [6.45, 7) is 0. The van der Waals surface area contributed by atoms with E-state index >= 15 is 0 Å². The molecule has 0 N–H and O–H groups in total. The van der Waals surface area contributed by atoms with E-state index < -0.39 is 0 Å². The van der Waals surface area contributed by atoms with Gasteiger partial charge in [-0.05, 0) is 52.6 Å². The van der Waals surface area contributed by atoms with Crippen molar-refractivity contribution >= 4 is 68.3 Å². The van der Waals surface area contributed by atoms with Crippen molar-refractivity contribution in [3.8, 4) is 0 Å². The summed E-state index contributed by atoms with van der Waals surface area (Å²) in [5.41, 5.74) is 5.88. The quantitative estimate of drug-likeness (QED) is 0.112. The van der Waals surface area contributed by atoms with Gasteiger partial charge < -0.3 is 4.42 Å². The van der Waals surface area contributed by atoms with Gasteiger partial charge in [0, 0.05) is 29.4 Å². The summed E-state index contributed by atoms with van der Waals surface area (Å²) in [5, 5.41) is 1.92. The first kappa shape index (κ1) is 29.7. The Bertz CT molecular complexity index is 1790. The number of thiocarbonyl (C=S) groups is 2. The predicted molar refractivity (Wildman–Crippen MR) is 188 cm³/mol. The molecular weight excluding hydrogens is 585 g/mol. The molecule has 0 atom stereocenters. The molecule has 0 aliphatic carbocycles. The Morgan fingerprint density at radius 3 is 1.40 bits per heavy atom. The van der Waals surface area contributed by atoms with Crippen molar-refractivity contribution in [2.45, 2.75) is 0 Å². The molecule has 6 heteroatoms. The van der Waals surface area contributed by atoms with Crippen LogP contribution in [0.15, 0.2) is 163 Å². The van der Waals surface area contributed by atoms with Crippen molar-refractivity contribution in [1.82, 2.24) is 9.97 Å². The standard InChI is InChI=1S/C13H10S.C12H7NOS.C12H9NS/c14-13(11-7-3-1-4-8-11)12-9-5-2-6-10-12;15-12-8-3-1-2-4-10(8)14-11-7-13-6-5-9(11)12;14-12(10-4-2-1-3-5-10)11-6-8-13-9-7-11/h1-10H;1-7H;1-9H. The maximum absolute atomic E-state index is 5.70. The summed E-state index contributed by atoms with van der Waals surface area (Å²) in [6.07, 6.45) is 6.93. The van der Waals surface area contributed by atoms with Gasteiger partial charge in [-0.1, -0.05) is 140 Å². The zero-order valence-electron chi connectivity index (χ0n) is 23.0. The van der Waals surface area contributed by atoms with E-state index in [4.69, 9.17) is 41.1 Å². The SMILES string of the molecule is S=C(c1ccccc1)c1ccccc1.S=C(c1ccccc1)c1ccncc1.S=c1c2ccccc2oc2cnccc12. The van der Waals surface area contributed by atoms with Crippen molar-refractivity contribution in [3.05, 3.63) is 185 Å². The molecule has 3 heterocycles. The van der Waals surface area contributed by atoms with Crippen molar-refractivity contribution < 1.29 is 4.42 Å². The van der Waals surface area contributed by atoms with Crippen molar-refractivity contribution in [2.24, 2.45) is 0 Å². The van der Waals surface area contributed by atoms with E-state index in [9.17, 15) is 0 Å². The first-order valence-electron chi connectivity index (χ1n) is 13.5. The van der Waals surface area contributed by atoms with Crippen LogP contribution in [-0.2, 0) is 0 Å². The van der Waals surface area contributed by atoms with E-state index in [2.05, 4.69) is 9.97 Å². The second-order valence-electron chi connectivity index (χ2n) is 9.29. The number of pyridine rings is 2. The van der Waals surface area contributed by atoms with Gasteiger partial charge in [0.1, 0.15) is 5.58 Å². The van der Waals surface area contributed by atoms with Gasteiger partial charge in [-0.2, -0.15) is 0 Å². The van der Waals surface area contributed by atoms with Crippen LogP contribution in [0.3, 0.4) is 0 Å². The van der Waals surface area contributed by atoms with Gasteiger partial charge in [-0.3, -0.25) is 9.97 Å². The van der Waals surface area contributed by atoms with Gasteiger partial charge in [0.2, 0.25) is 0 Å². The summed E-state index contributed by atoms with van der Waals surface area (Å²) in [6, 6.07) is 43.7. The van der Waals surface area contributed by atoms with E-state index in [1.165, 1.54) is 0 Å². The van der Waals surface area contributed by atoms with Crippen LogP contribution in [0.5, 0.6) is 0 Å².